The zero-order chi connectivity index (χ0) is 16.4. The molecule has 6 nitrogen and oxygen atoms in total. The van der Waals surface area contributed by atoms with Gasteiger partial charge in [0.1, 0.15) is 5.82 Å². The van der Waals surface area contributed by atoms with E-state index in [1.54, 1.807) is 0 Å². The molecular formula is C16H24N4O2S. The van der Waals surface area contributed by atoms with E-state index in [0.29, 0.717) is 12.5 Å². The summed E-state index contributed by atoms with van der Waals surface area (Å²) in [6.45, 7) is 6.29. The molecule has 2 aromatic rings. The number of aryl methyl sites for hydroxylation is 1. The van der Waals surface area contributed by atoms with Crippen molar-refractivity contribution in [1.29, 1.82) is 0 Å². The van der Waals surface area contributed by atoms with E-state index in [1.807, 2.05) is 18.2 Å². The zero-order valence-corrected chi connectivity index (χ0v) is 14.5. The Morgan fingerprint density at radius 2 is 2.13 bits per heavy atom. The number of rotatable bonds is 6. The number of benzene rings is 1. The Morgan fingerprint density at radius 1 is 1.35 bits per heavy atom. The predicted octanol–water partition coefficient (Wildman–Crippen LogP) is 1.43. The molecule has 1 aromatic heterocycles. The standard InChI is InChI=1S/C16H24N4O2S/c1-3-20-15-7-5-4-6-14(15)18-16(20)12-19-9-8-13(11-19)10-17-23(2,21)22/h4-7,13,17H,3,8-12H2,1-2H3. The number of imidazole rings is 1. The highest BCUT2D eigenvalue weighted by Crippen LogP contribution is 2.21. The predicted molar refractivity (Wildman–Crippen MR) is 91.6 cm³/mol. The number of nitrogens with one attached hydrogen (secondary N) is 1. The van der Waals surface area contributed by atoms with Crippen molar-refractivity contribution in [3.8, 4) is 0 Å². The Labute approximate surface area is 137 Å². The van der Waals surface area contributed by atoms with Crippen LogP contribution in [0, 0.1) is 5.92 Å². The van der Waals surface area contributed by atoms with Gasteiger partial charge >= 0.3 is 0 Å². The number of likely N-dealkylation sites (tertiary alicyclic amines) is 1. The first kappa shape index (κ1) is 16.4. The number of para-hydroxylation sites is 2. The molecule has 0 bridgehead atoms. The lowest BCUT2D eigenvalue weighted by Crippen LogP contribution is -2.30. The lowest BCUT2D eigenvalue weighted by Gasteiger charge is -2.16. The molecule has 1 aliphatic heterocycles. The molecule has 0 amide bonds. The van der Waals surface area contributed by atoms with Crippen LogP contribution in [-0.2, 0) is 23.1 Å². The minimum absolute atomic E-state index is 0.379. The summed E-state index contributed by atoms with van der Waals surface area (Å²) in [5.41, 5.74) is 2.22. The molecule has 1 aliphatic rings. The van der Waals surface area contributed by atoms with Gasteiger partial charge in [0.25, 0.3) is 0 Å². The molecule has 2 heterocycles. The van der Waals surface area contributed by atoms with Crippen molar-refractivity contribution in [2.24, 2.45) is 5.92 Å². The van der Waals surface area contributed by atoms with E-state index in [2.05, 4.69) is 27.2 Å². The molecule has 0 saturated carbocycles. The fraction of sp³-hybridized carbons (Fsp3) is 0.562. The van der Waals surface area contributed by atoms with Crippen LogP contribution in [0.4, 0.5) is 0 Å². The Balaban J connectivity index is 1.66. The molecular weight excluding hydrogens is 312 g/mol. The number of hydrogen-bond donors (Lipinski definition) is 1. The molecule has 1 N–H and O–H groups in total. The van der Waals surface area contributed by atoms with Gasteiger partial charge < -0.3 is 4.57 Å². The normalized spacial score (nSPS) is 19.7. The molecule has 7 heteroatoms. The van der Waals surface area contributed by atoms with E-state index in [0.717, 1.165) is 43.9 Å². The number of aromatic nitrogens is 2. The van der Waals surface area contributed by atoms with Gasteiger partial charge in [-0.25, -0.2) is 18.1 Å². The summed E-state index contributed by atoms with van der Waals surface area (Å²) in [5, 5.41) is 0. The van der Waals surface area contributed by atoms with Crippen molar-refractivity contribution in [3.05, 3.63) is 30.1 Å². The van der Waals surface area contributed by atoms with Gasteiger partial charge in [0.2, 0.25) is 10.0 Å². The van der Waals surface area contributed by atoms with Gasteiger partial charge in [-0.15, -0.1) is 0 Å². The first-order valence-electron chi connectivity index (χ1n) is 8.07. The second kappa shape index (κ2) is 6.59. The summed E-state index contributed by atoms with van der Waals surface area (Å²) >= 11 is 0. The van der Waals surface area contributed by atoms with E-state index in [1.165, 1.54) is 11.8 Å². The van der Waals surface area contributed by atoms with Gasteiger partial charge in [0, 0.05) is 19.6 Å². The highest BCUT2D eigenvalue weighted by Gasteiger charge is 2.24. The summed E-state index contributed by atoms with van der Waals surface area (Å²) in [5.74, 6) is 1.47. The minimum atomic E-state index is -3.10. The maximum atomic E-state index is 11.2. The van der Waals surface area contributed by atoms with Crippen LogP contribution >= 0.6 is 0 Å². The summed E-state index contributed by atoms with van der Waals surface area (Å²) < 4.78 is 27.3. The summed E-state index contributed by atoms with van der Waals surface area (Å²) in [4.78, 5) is 7.13. The Kier molecular flexibility index (Phi) is 4.70. The average Bonchev–Trinajstić information content (AvgIpc) is 3.08. The van der Waals surface area contributed by atoms with Crippen molar-refractivity contribution < 1.29 is 8.42 Å². The van der Waals surface area contributed by atoms with E-state index < -0.39 is 10.0 Å². The Morgan fingerprint density at radius 3 is 2.87 bits per heavy atom. The van der Waals surface area contributed by atoms with Crippen LogP contribution in [0.3, 0.4) is 0 Å². The third-order valence-corrected chi connectivity index (χ3v) is 5.11. The molecule has 0 radical (unpaired) electrons. The maximum absolute atomic E-state index is 11.2. The lowest BCUT2D eigenvalue weighted by atomic mass is 10.1. The largest absolute Gasteiger partial charge is 0.327 e. The van der Waals surface area contributed by atoms with Crippen LogP contribution in [0.2, 0.25) is 0 Å². The number of fused-ring (bicyclic) bond motifs is 1. The summed E-state index contributed by atoms with van der Waals surface area (Å²) in [6.07, 6.45) is 2.23. The number of hydrogen-bond acceptors (Lipinski definition) is 4. The van der Waals surface area contributed by atoms with E-state index in [9.17, 15) is 8.42 Å². The topological polar surface area (TPSA) is 67.2 Å². The van der Waals surface area contributed by atoms with Crippen LogP contribution in [-0.4, -0.2) is 48.8 Å². The molecule has 126 valence electrons. The molecule has 1 unspecified atom stereocenters. The quantitative estimate of drug-likeness (QED) is 0.866. The SMILES string of the molecule is CCn1c(CN2CCC(CNS(C)(=O)=O)C2)nc2ccccc21. The monoisotopic (exact) mass is 336 g/mol. The van der Waals surface area contributed by atoms with Gasteiger partial charge in [-0.1, -0.05) is 12.1 Å². The molecule has 1 atom stereocenters. The van der Waals surface area contributed by atoms with E-state index in [4.69, 9.17) is 4.98 Å². The fourth-order valence-electron chi connectivity index (χ4n) is 3.29. The van der Waals surface area contributed by atoms with Gasteiger partial charge in [-0.2, -0.15) is 0 Å². The third kappa shape index (κ3) is 3.91. The lowest BCUT2D eigenvalue weighted by molar-refractivity contribution is 0.304. The number of sulfonamides is 1. The van der Waals surface area contributed by atoms with Gasteiger partial charge in [-0.3, -0.25) is 4.90 Å². The van der Waals surface area contributed by atoms with Gasteiger partial charge in [0.05, 0.1) is 23.8 Å². The first-order valence-corrected chi connectivity index (χ1v) is 9.96. The Hall–Kier alpha value is -1.44. The van der Waals surface area contributed by atoms with Crippen LogP contribution in [0.25, 0.3) is 11.0 Å². The molecule has 0 aliphatic carbocycles. The molecule has 0 spiro atoms. The van der Waals surface area contributed by atoms with E-state index >= 15 is 0 Å². The van der Waals surface area contributed by atoms with Gasteiger partial charge in [0.15, 0.2) is 0 Å². The minimum Gasteiger partial charge on any atom is -0.327 e. The highest BCUT2D eigenvalue weighted by atomic mass is 32.2. The van der Waals surface area contributed by atoms with Crippen molar-refractivity contribution in [2.45, 2.75) is 26.4 Å². The van der Waals surface area contributed by atoms with Crippen LogP contribution in [0.5, 0.6) is 0 Å². The smallest absolute Gasteiger partial charge is 0.208 e. The van der Waals surface area contributed by atoms with Crippen molar-refractivity contribution in [2.75, 3.05) is 25.9 Å². The zero-order valence-electron chi connectivity index (χ0n) is 13.7. The van der Waals surface area contributed by atoms with Gasteiger partial charge in [-0.05, 0) is 37.9 Å². The van der Waals surface area contributed by atoms with Crippen molar-refractivity contribution in [1.82, 2.24) is 19.2 Å². The van der Waals surface area contributed by atoms with Crippen molar-refractivity contribution >= 4 is 21.1 Å². The number of nitrogens with zero attached hydrogens (tertiary/aromatic N) is 3. The second-order valence-corrected chi connectivity index (χ2v) is 8.10. The van der Waals surface area contributed by atoms with Crippen LogP contribution in [0.1, 0.15) is 19.2 Å². The molecule has 1 aromatic carbocycles. The molecule has 1 fully saturated rings. The molecule has 3 rings (SSSR count). The summed E-state index contributed by atoms with van der Waals surface area (Å²) in [7, 11) is -3.10. The maximum Gasteiger partial charge on any atom is 0.208 e. The second-order valence-electron chi connectivity index (χ2n) is 6.27. The Bertz CT molecular complexity index is 784. The first-order chi connectivity index (χ1) is 11.0. The highest BCUT2D eigenvalue weighted by molar-refractivity contribution is 7.88. The average molecular weight is 336 g/mol. The fourth-order valence-corrected chi connectivity index (χ4v) is 3.83. The third-order valence-electron chi connectivity index (χ3n) is 4.42. The van der Waals surface area contributed by atoms with E-state index in [-0.39, 0.29) is 0 Å². The van der Waals surface area contributed by atoms with Crippen LogP contribution in [0.15, 0.2) is 24.3 Å². The van der Waals surface area contributed by atoms with Crippen LogP contribution < -0.4 is 4.72 Å². The molecule has 1 saturated heterocycles. The van der Waals surface area contributed by atoms with Crippen molar-refractivity contribution in [3.63, 3.8) is 0 Å². The molecule has 23 heavy (non-hydrogen) atoms. The summed E-state index contributed by atoms with van der Waals surface area (Å²) in [6, 6.07) is 8.22.